The number of methoxy groups -OCH3 is 1. The topological polar surface area (TPSA) is 67.4 Å². The van der Waals surface area contributed by atoms with Crippen LogP contribution in [0.5, 0.6) is 5.75 Å². The number of nitrogens with one attached hydrogen (secondary N) is 2. The second kappa shape index (κ2) is 9.74. The first-order valence-corrected chi connectivity index (χ1v) is 9.68. The molecule has 0 aromatic heterocycles. The Hall–Kier alpha value is -3.08. The van der Waals surface area contributed by atoms with Crippen LogP contribution >= 0.6 is 0 Å². The standard InChI is InChI=1S/C23H26N2O3/c1-28-21-13-10-17(11-14-21)12-15-22(26)24-20-9-5-6-18(16-20)23(27)25-19-7-3-2-4-8-19/h5-6,9-16,19H,2-4,7-8H2,1H3,(H,24,26)(H,25,27)/b15-12+. The first-order valence-electron chi connectivity index (χ1n) is 9.68. The maximum atomic E-state index is 12.5. The van der Waals surface area contributed by atoms with E-state index >= 15 is 0 Å². The maximum Gasteiger partial charge on any atom is 0.251 e. The van der Waals surface area contributed by atoms with E-state index in [-0.39, 0.29) is 17.9 Å². The summed E-state index contributed by atoms with van der Waals surface area (Å²) in [4.78, 5) is 24.6. The summed E-state index contributed by atoms with van der Waals surface area (Å²) in [5, 5.41) is 5.90. The van der Waals surface area contributed by atoms with Crippen molar-refractivity contribution in [2.75, 3.05) is 12.4 Å². The Morgan fingerprint density at radius 2 is 1.79 bits per heavy atom. The molecular weight excluding hydrogens is 352 g/mol. The van der Waals surface area contributed by atoms with Crippen molar-refractivity contribution in [1.29, 1.82) is 0 Å². The van der Waals surface area contributed by atoms with Crippen LogP contribution in [-0.4, -0.2) is 25.0 Å². The molecule has 3 rings (SSSR count). The van der Waals surface area contributed by atoms with Gasteiger partial charge in [0.2, 0.25) is 5.91 Å². The third-order valence-corrected chi connectivity index (χ3v) is 4.88. The third-order valence-electron chi connectivity index (χ3n) is 4.88. The van der Waals surface area contributed by atoms with Gasteiger partial charge in [-0.05, 0) is 54.8 Å². The van der Waals surface area contributed by atoms with Gasteiger partial charge < -0.3 is 15.4 Å². The second-order valence-electron chi connectivity index (χ2n) is 6.98. The first-order chi connectivity index (χ1) is 13.6. The molecule has 1 saturated carbocycles. The van der Waals surface area contributed by atoms with Crippen LogP contribution in [0.1, 0.15) is 48.0 Å². The molecule has 28 heavy (non-hydrogen) atoms. The minimum Gasteiger partial charge on any atom is -0.497 e. The summed E-state index contributed by atoms with van der Waals surface area (Å²) in [6.07, 6.45) is 8.86. The molecule has 0 aliphatic heterocycles. The van der Waals surface area contributed by atoms with Gasteiger partial charge in [0.25, 0.3) is 5.91 Å². The van der Waals surface area contributed by atoms with Crippen molar-refractivity contribution in [2.45, 2.75) is 38.1 Å². The molecular formula is C23H26N2O3. The third kappa shape index (κ3) is 5.71. The van der Waals surface area contributed by atoms with E-state index in [9.17, 15) is 9.59 Å². The number of hydrogen-bond donors (Lipinski definition) is 2. The molecule has 2 aromatic carbocycles. The highest BCUT2D eigenvalue weighted by Crippen LogP contribution is 2.18. The van der Waals surface area contributed by atoms with Gasteiger partial charge in [-0.2, -0.15) is 0 Å². The molecule has 146 valence electrons. The summed E-state index contributed by atoms with van der Waals surface area (Å²) >= 11 is 0. The number of anilines is 1. The summed E-state index contributed by atoms with van der Waals surface area (Å²) < 4.78 is 5.12. The number of amides is 2. The normalized spacial score (nSPS) is 14.6. The number of ether oxygens (including phenoxy) is 1. The lowest BCUT2D eigenvalue weighted by molar-refractivity contribution is -0.111. The molecule has 0 radical (unpaired) electrons. The Kier molecular flexibility index (Phi) is 6.84. The zero-order valence-corrected chi connectivity index (χ0v) is 16.1. The van der Waals surface area contributed by atoms with Crippen LogP contribution in [0.3, 0.4) is 0 Å². The van der Waals surface area contributed by atoms with E-state index in [1.165, 1.54) is 25.3 Å². The minimum absolute atomic E-state index is 0.0863. The van der Waals surface area contributed by atoms with Gasteiger partial charge in [0, 0.05) is 23.4 Å². The van der Waals surface area contributed by atoms with Gasteiger partial charge in [0.05, 0.1) is 7.11 Å². The molecule has 0 heterocycles. The van der Waals surface area contributed by atoms with E-state index in [1.807, 2.05) is 24.3 Å². The lowest BCUT2D eigenvalue weighted by Crippen LogP contribution is -2.36. The molecule has 2 N–H and O–H groups in total. The summed E-state index contributed by atoms with van der Waals surface area (Å²) in [5.41, 5.74) is 2.06. The molecule has 2 aromatic rings. The quantitative estimate of drug-likeness (QED) is 0.732. The van der Waals surface area contributed by atoms with E-state index in [0.29, 0.717) is 11.3 Å². The van der Waals surface area contributed by atoms with Gasteiger partial charge >= 0.3 is 0 Å². The van der Waals surface area contributed by atoms with Gasteiger partial charge in [-0.1, -0.05) is 37.5 Å². The fraction of sp³-hybridized carbons (Fsp3) is 0.304. The van der Waals surface area contributed by atoms with E-state index in [2.05, 4.69) is 10.6 Å². The van der Waals surface area contributed by atoms with Crippen molar-refractivity contribution in [3.63, 3.8) is 0 Å². The minimum atomic E-state index is -0.249. The highest BCUT2D eigenvalue weighted by Gasteiger charge is 2.16. The summed E-state index contributed by atoms with van der Waals surface area (Å²) in [6.45, 7) is 0. The van der Waals surface area contributed by atoms with E-state index in [1.54, 1.807) is 37.5 Å². The average molecular weight is 378 g/mol. The van der Waals surface area contributed by atoms with E-state index in [4.69, 9.17) is 4.74 Å². The Morgan fingerprint density at radius 1 is 1.04 bits per heavy atom. The van der Waals surface area contributed by atoms with Crippen molar-refractivity contribution in [1.82, 2.24) is 5.32 Å². The van der Waals surface area contributed by atoms with Crippen LogP contribution < -0.4 is 15.4 Å². The molecule has 0 unspecified atom stereocenters. The molecule has 1 aliphatic carbocycles. The van der Waals surface area contributed by atoms with Crippen LogP contribution in [0.4, 0.5) is 5.69 Å². The molecule has 2 amide bonds. The van der Waals surface area contributed by atoms with E-state index < -0.39 is 0 Å². The predicted octanol–water partition coefficient (Wildman–Crippen LogP) is 4.41. The van der Waals surface area contributed by atoms with Gasteiger partial charge in [-0.15, -0.1) is 0 Å². The fourth-order valence-electron chi connectivity index (χ4n) is 3.32. The van der Waals surface area contributed by atoms with Crippen molar-refractivity contribution in [2.24, 2.45) is 0 Å². The number of rotatable bonds is 6. The molecule has 0 bridgehead atoms. The Morgan fingerprint density at radius 3 is 2.50 bits per heavy atom. The predicted molar refractivity (Wildman–Crippen MR) is 111 cm³/mol. The molecule has 1 fully saturated rings. The lowest BCUT2D eigenvalue weighted by Gasteiger charge is -2.22. The van der Waals surface area contributed by atoms with Gasteiger partial charge in [0.15, 0.2) is 0 Å². The second-order valence-corrected chi connectivity index (χ2v) is 6.98. The van der Waals surface area contributed by atoms with Crippen molar-refractivity contribution >= 4 is 23.6 Å². The van der Waals surface area contributed by atoms with E-state index in [0.717, 1.165) is 24.2 Å². The van der Waals surface area contributed by atoms with Crippen LogP contribution in [0.25, 0.3) is 6.08 Å². The Balaban J connectivity index is 1.57. The van der Waals surface area contributed by atoms with Gasteiger partial charge in [-0.25, -0.2) is 0 Å². The SMILES string of the molecule is COc1ccc(/C=C/C(=O)Nc2cccc(C(=O)NC3CCCCC3)c2)cc1. The van der Waals surface area contributed by atoms with Gasteiger partial charge in [-0.3, -0.25) is 9.59 Å². The smallest absolute Gasteiger partial charge is 0.251 e. The van der Waals surface area contributed by atoms with Crippen LogP contribution in [0.15, 0.2) is 54.6 Å². The number of carbonyl (C=O) groups excluding carboxylic acids is 2. The Labute approximate surface area is 165 Å². The molecule has 1 aliphatic rings. The summed E-state index contributed by atoms with van der Waals surface area (Å²) in [7, 11) is 1.61. The van der Waals surface area contributed by atoms with Crippen molar-refractivity contribution < 1.29 is 14.3 Å². The first kappa shape index (κ1) is 19.7. The van der Waals surface area contributed by atoms with Crippen molar-refractivity contribution in [3.05, 3.63) is 65.7 Å². The largest absolute Gasteiger partial charge is 0.497 e. The number of carbonyl (C=O) groups is 2. The molecule has 5 nitrogen and oxygen atoms in total. The maximum absolute atomic E-state index is 12.5. The number of benzene rings is 2. The highest BCUT2D eigenvalue weighted by atomic mass is 16.5. The summed E-state index contributed by atoms with van der Waals surface area (Å²) in [6, 6.07) is 14.7. The van der Waals surface area contributed by atoms with Crippen molar-refractivity contribution in [3.8, 4) is 5.75 Å². The molecule has 0 atom stereocenters. The fourth-order valence-corrected chi connectivity index (χ4v) is 3.32. The lowest BCUT2D eigenvalue weighted by atomic mass is 9.95. The van der Waals surface area contributed by atoms with Gasteiger partial charge in [0.1, 0.15) is 5.75 Å². The zero-order valence-electron chi connectivity index (χ0n) is 16.1. The Bertz CT molecular complexity index is 837. The van der Waals surface area contributed by atoms with Crippen LogP contribution in [0, 0.1) is 0 Å². The monoisotopic (exact) mass is 378 g/mol. The molecule has 5 heteroatoms. The highest BCUT2D eigenvalue weighted by molar-refractivity contribution is 6.03. The van der Waals surface area contributed by atoms with Crippen LogP contribution in [0.2, 0.25) is 0 Å². The number of hydrogen-bond acceptors (Lipinski definition) is 3. The molecule has 0 saturated heterocycles. The van der Waals surface area contributed by atoms with Crippen LogP contribution in [-0.2, 0) is 4.79 Å². The zero-order chi connectivity index (χ0) is 19.8. The molecule has 0 spiro atoms. The average Bonchev–Trinajstić information content (AvgIpc) is 2.73. The summed E-state index contributed by atoms with van der Waals surface area (Å²) in [5.74, 6) is 0.433.